The molecule has 3 rings (SSSR count). The predicted molar refractivity (Wildman–Crippen MR) is 113 cm³/mol. The zero-order valence-electron chi connectivity index (χ0n) is 17.3. The first-order chi connectivity index (χ1) is 15.2. The van der Waals surface area contributed by atoms with E-state index < -0.39 is 22.9 Å². The van der Waals surface area contributed by atoms with Gasteiger partial charge in [-0.3, -0.25) is 24.5 Å². The number of ketones is 1. The molecule has 2 heterocycles. The number of carbonyl (C=O) groups is 4. The van der Waals surface area contributed by atoms with Gasteiger partial charge in [0.05, 0.1) is 16.9 Å². The van der Waals surface area contributed by atoms with Crippen LogP contribution in [0, 0.1) is 16.0 Å². The number of non-ortho nitro benzene ring substituents is 1. The molecule has 11 heteroatoms. The number of benzene rings is 1. The van der Waals surface area contributed by atoms with Gasteiger partial charge in [-0.25, -0.2) is 4.79 Å². The maximum absolute atomic E-state index is 12.9. The molecule has 0 radical (unpaired) electrons. The van der Waals surface area contributed by atoms with Gasteiger partial charge in [-0.2, -0.15) is 0 Å². The van der Waals surface area contributed by atoms with Crippen LogP contribution in [-0.2, 0) is 35.3 Å². The first kappa shape index (κ1) is 23.2. The average Bonchev–Trinajstić information content (AvgIpc) is 3.06. The minimum absolute atomic E-state index is 0.0822. The van der Waals surface area contributed by atoms with Crippen molar-refractivity contribution in [2.75, 3.05) is 0 Å². The van der Waals surface area contributed by atoms with Crippen LogP contribution in [0.1, 0.15) is 25.8 Å². The molecule has 168 valence electrons. The number of hydrogen-bond donors (Lipinski definition) is 0. The lowest BCUT2D eigenvalue weighted by molar-refractivity contribution is -0.384. The Bertz CT molecular complexity index is 1020. The number of nitro groups is 1. The Morgan fingerprint density at radius 2 is 2.03 bits per heavy atom. The van der Waals surface area contributed by atoms with Crippen molar-refractivity contribution in [3.05, 3.63) is 62.0 Å². The summed E-state index contributed by atoms with van der Waals surface area (Å²) < 4.78 is 10.3. The van der Waals surface area contributed by atoms with Crippen LogP contribution < -0.4 is 0 Å². The fourth-order valence-corrected chi connectivity index (χ4v) is 4.61. The van der Waals surface area contributed by atoms with Crippen molar-refractivity contribution in [1.29, 1.82) is 0 Å². The second-order valence-electron chi connectivity index (χ2n) is 7.25. The number of ether oxygens (including phenoxy) is 2. The summed E-state index contributed by atoms with van der Waals surface area (Å²) in [6.45, 7) is 3.16. The first-order valence-corrected chi connectivity index (χ1v) is 10.5. The van der Waals surface area contributed by atoms with Gasteiger partial charge in [0.2, 0.25) is 5.91 Å². The molecule has 1 aromatic rings. The van der Waals surface area contributed by atoms with E-state index in [1.807, 2.05) is 0 Å². The van der Waals surface area contributed by atoms with E-state index in [0.717, 1.165) is 11.8 Å². The highest BCUT2D eigenvalue weighted by atomic mass is 32.2. The van der Waals surface area contributed by atoms with E-state index in [9.17, 15) is 29.3 Å². The summed E-state index contributed by atoms with van der Waals surface area (Å²) in [5, 5.41) is 12.3. The van der Waals surface area contributed by atoms with E-state index >= 15 is 0 Å². The molecular formula is C21H20N2O8S. The molecule has 32 heavy (non-hydrogen) atoms. The van der Waals surface area contributed by atoms with Crippen molar-refractivity contribution in [2.24, 2.45) is 5.92 Å². The SMILES string of the molecule is CC(=O)C=CSC1=C(C(=O)OCc2ccc([N+](=O)[O-])cc2)N2C(=O)[C@H]([C@@H](C)OC=O)[C@H]2C1. The number of rotatable bonds is 10. The number of allylic oxidation sites excluding steroid dienone is 1. The maximum Gasteiger partial charge on any atom is 0.356 e. The van der Waals surface area contributed by atoms with Crippen molar-refractivity contribution >= 4 is 41.6 Å². The smallest absolute Gasteiger partial charge is 0.356 e. The molecule has 10 nitrogen and oxygen atoms in total. The van der Waals surface area contributed by atoms with Crippen molar-refractivity contribution < 1.29 is 33.6 Å². The van der Waals surface area contributed by atoms with Crippen LogP contribution in [0.15, 0.2) is 46.4 Å². The lowest BCUT2D eigenvalue weighted by atomic mass is 9.83. The largest absolute Gasteiger partial charge is 0.464 e. The number of β-lactam (4-membered cyclic amide) rings is 1. The Balaban J connectivity index is 1.76. The molecule has 1 amide bonds. The van der Waals surface area contributed by atoms with Gasteiger partial charge in [-0.05, 0) is 43.0 Å². The van der Waals surface area contributed by atoms with Crippen LogP contribution >= 0.6 is 11.8 Å². The van der Waals surface area contributed by atoms with E-state index in [0.29, 0.717) is 16.9 Å². The third kappa shape index (κ3) is 4.72. The van der Waals surface area contributed by atoms with Gasteiger partial charge in [0.15, 0.2) is 5.78 Å². The summed E-state index contributed by atoms with van der Waals surface area (Å²) in [6, 6.07) is 5.21. The molecule has 0 saturated carbocycles. The van der Waals surface area contributed by atoms with Crippen LogP contribution in [-0.4, -0.2) is 46.1 Å². The number of esters is 1. The fourth-order valence-electron chi connectivity index (χ4n) is 3.63. The van der Waals surface area contributed by atoms with Crippen LogP contribution in [0.25, 0.3) is 0 Å². The number of nitrogens with zero attached hydrogens (tertiary/aromatic N) is 2. The van der Waals surface area contributed by atoms with Crippen LogP contribution in [0.2, 0.25) is 0 Å². The molecule has 0 unspecified atom stereocenters. The van der Waals surface area contributed by atoms with Crippen molar-refractivity contribution in [3.63, 3.8) is 0 Å². The lowest BCUT2D eigenvalue weighted by Crippen LogP contribution is -2.62. The van der Waals surface area contributed by atoms with Gasteiger partial charge in [0.1, 0.15) is 18.4 Å². The molecule has 0 aliphatic carbocycles. The molecule has 0 bridgehead atoms. The normalized spacial score (nSPS) is 20.6. The highest BCUT2D eigenvalue weighted by molar-refractivity contribution is 8.05. The monoisotopic (exact) mass is 460 g/mol. The standard InChI is InChI=1S/C21H20N2O8S/c1-12(25)7-8-32-17-9-16-18(13(2)31-11-24)20(26)22(16)19(17)21(27)30-10-14-3-5-15(6-4-14)23(28)29/h3-8,11,13,16,18H,9-10H2,1-2H3/t13-,16-,18-/m1/s1. The topological polar surface area (TPSA) is 133 Å². The Morgan fingerprint density at radius 1 is 1.34 bits per heavy atom. The molecule has 1 fully saturated rings. The summed E-state index contributed by atoms with van der Waals surface area (Å²) in [7, 11) is 0. The minimum Gasteiger partial charge on any atom is -0.464 e. The molecule has 0 aromatic heterocycles. The Labute approximate surface area is 187 Å². The summed E-state index contributed by atoms with van der Waals surface area (Å²) >= 11 is 1.15. The van der Waals surface area contributed by atoms with Gasteiger partial charge >= 0.3 is 5.97 Å². The molecule has 3 atom stereocenters. The Kier molecular flexibility index (Phi) is 7.08. The van der Waals surface area contributed by atoms with Crippen LogP contribution in [0.4, 0.5) is 5.69 Å². The van der Waals surface area contributed by atoms with E-state index in [-0.39, 0.29) is 42.2 Å². The Hall–Kier alpha value is -3.47. The average molecular weight is 460 g/mol. The van der Waals surface area contributed by atoms with Gasteiger partial charge < -0.3 is 14.4 Å². The molecule has 2 aliphatic rings. The molecule has 1 aromatic carbocycles. The number of carbonyl (C=O) groups excluding carboxylic acids is 4. The number of hydrogen-bond acceptors (Lipinski definition) is 9. The predicted octanol–water partition coefficient (Wildman–Crippen LogP) is 2.48. The maximum atomic E-state index is 12.9. The van der Waals surface area contributed by atoms with Crippen molar-refractivity contribution in [3.8, 4) is 0 Å². The zero-order valence-corrected chi connectivity index (χ0v) is 18.1. The van der Waals surface area contributed by atoms with E-state index in [4.69, 9.17) is 9.47 Å². The summed E-state index contributed by atoms with van der Waals surface area (Å²) in [4.78, 5) is 59.6. The van der Waals surface area contributed by atoms with E-state index in [1.165, 1.54) is 47.6 Å². The van der Waals surface area contributed by atoms with Gasteiger partial charge in [0.25, 0.3) is 12.2 Å². The number of nitro benzene ring substituents is 1. The second kappa shape index (κ2) is 9.77. The number of fused-ring (bicyclic) bond motifs is 1. The summed E-state index contributed by atoms with van der Waals surface area (Å²) in [5.41, 5.74) is 0.557. The quantitative estimate of drug-likeness (QED) is 0.129. The van der Waals surface area contributed by atoms with Gasteiger partial charge in [-0.1, -0.05) is 11.8 Å². The molecule has 0 spiro atoms. The first-order valence-electron chi connectivity index (χ1n) is 9.64. The number of thioether (sulfide) groups is 1. The van der Waals surface area contributed by atoms with Gasteiger partial charge in [0, 0.05) is 23.5 Å². The third-order valence-electron chi connectivity index (χ3n) is 5.17. The number of amides is 1. The van der Waals surface area contributed by atoms with Crippen molar-refractivity contribution in [1.82, 2.24) is 4.90 Å². The van der Waals surface area contributed by atoms with Crippen LogP contribution in [0.5, 0.6) is 0 Å². The molecular weight excluding hydrogens is 440 g/mol. The van der Waals surface area contributed by atoms with Gasteiger partial charge in [-0.15, -0.1) is 0 Å². The van der Waals surface area contributed by atoms with E-state index in [2.05, 4.69) is 0 Å². The highest BCUT2D eigenvalue weighted by Gasteiger charge is 2.57. The van der Waals surface area contributed by atoms with Crippen LogP contribution in [0.3, 0.4) is 0 Å². The molecule has 1 saturated heterocycles. The summed E-state index contributed by atoms with van der Waals surface area (Å²) in [6.07, 6.45) is 1.07. The fraction of sp³-hybridized carbons (Fsp3) is 0.333. The second-order valence-corrected chi connectivity index (χ2v) is 8.25. The molecule has 2 aliphatic heterocycles. The zero-order chi connectivity index (χ0) is 23.4. The van der Waals surface area contributed by atoms with E-state index in [1.54, 1.807) is 6.92 Å². The summed E-state index contributed by atoms with van der Waals surface area (Å²) in [5.74, 6) is -1.81. The lowest BCUT2D eigenvalue weighted by Gasteiger charge is -2.45. The Morgan fingerprint density at radius 3 is 2.62 bits per heavy atom. The third-order valence-corrected chi connectivity index (χ3v) is 6.08. The minimum atomic E-state index is -0.722. The highest BCUT2D eigenvalue weighted by Crippen LogP contribution is 2.48. The van der Waals surface area contributed by atoms with Crippen molar-refractivity contribution in [2.45, 2.75) is 39.0 Å². The molecule has 0 N–H and O–H groups in total.